The van der Waals surface area contributed by atoms with E-state index in [-0.39, 0.29) is 0 Å². The number of fused-ring (bicyclic) bond motifs is 3. The van der Waals surface area contributed by atoms with Gasteiger partial charge in [0.1, 0.15) is 0 Å². The normalized spacial score (nSPS) is 11.5. The van der Waals surface area contributed by atoms with E-state index in [1.54, 1.807) is 23.6 Å². The Morgan fingerprint density at radius 1 is 1.10 bits per heavy atom. The van der Waals surface area contributed by atoms with Crippen LogP contribution in [0.4, 0.5) is 0 Å². The molecular formula is C14H7Cl2N3S. The Bertz CT molecular complexity index is 928. The van der Waals surface area contributed by atoms with Crippen molar-refractivity contribution in [3.8, 4) is 10.6 Å². The predicted molar refractivity (Wildman–Crippen MR) is 83.8 cm³/mol. The Morgan fingerprint density at radius 3 is 2.75 bits per heavy atom. The van der Waals surface area contributed by atoms with E-state index in [1.165, 1.54) is 0 Å². The minimum atomic E-state index is 0.523. The fourth-order valence-corrected chi connectivity index (χ4v) is 3.42. The number of benzene rings is 1. The number of thiazole rings is 1. The van der Waals surface area contributed by atoms with Gasteiger partial charge in [-0.3, -0.25) is 9.38 Å². The molecule has 20 heavy (non-hydrogen) atoms. The second kappa shape index (κ2) is 4.45. The highest BCUT2D eigenvalue weighted by atomic mass is 35.5. The van der Waals surface area contributed by atoms with Gasteiger partial charge in [0, 0.05) is 12.4 Å². The molecule has 0 fully saturated rings. The van der Waals surface area contributed by atoms with Crippen LogP contribution in [-0.4, -0.2) is 14.4 Å². The maximum Gasteiger partial charge on any atom is 0.195 e. The van der Waals surface area contributed by atoms with E-state index >= 15 is 0 Å². The minimum absolute atomic E-state index is 0.523. The highest BCUT2D eigenvalue weighted by Gasteiger charge is 2.12. The predicted octanol–water partition coefficient (Wildman–Crippen LogP) is 4.92. The molecule has 0 saturated carbocycles. The van der Waals surface area contributed by atoms with Gasteiger partial charge in [0.15, 0.2) is 4.96 Å². The zero-order chi connectivity index (χ0) is 13.7. The molecule has 3 nitrogen and oxygen atoms in total. The Hall–Kier alpha value is -1.62. The van der Waals surface area contributed by atoms with Crippen molar-refractivity contribution in [1.82, 2.24) is 14.4 Å². The van der Waals surface area contributed by atoms with Crippen molar-refractivity contribution in [2.24, 2.45) is 0 Å². The van der Waals surface area contributed by atoms with Crippen molar-refractivity contribution in [3.63, 3.8) is 0 Å². The molecule has 0 aliphatic carbocycles. The lowest BCUT2D eigenvalue weighted by molar-refractivity contribution is 1.27. The quantitative estimate of drug-likeness (QED) is 0.498. The second-order valence-electron chi connectivity index (χ2n) is 4.33. The molecule has 0 bridgehead atoms. The summed E-state index contributed by atoms with van der Waals surface area (Å²) in [7, 11) is 0. The van der Waals surface area contributed by atoms with Crippen molar-refractivity contribution in [2.75, 3.05) is 0 Å². The largest absolute Gasteiger partial charge is 0.289 e. The highest BCUT2D eigenvalue weighted by molar-refractivity contribution is 7.20. The Labute approximate surface area is 128 Å². The summed E-state index contributed by atoms with van der Waals surface area (Å²) in [5, 5.41) is 1.06. The molecule has 3 aromatic heterocycles. The topological polar surface area (TPSA) is 30.2 Å². The third-order valence-corrected chi connectivity index (χ3v) is 4.79. The fourth-order valence-electron chi connectivity index (χ4n) is 2.13. The van der Waals surface area contributed by atoms with Crippen molar-refractivity contribution in [2.45, 2.75) is 0 Å². The summed E-state index contributed by atoms with van der Waals surface area (Å²) < 4.78 is 2.02. The number of hydrogen-bond acceptors (Lipinski definition) is 3. The molecule has 0 aliphatic rings. The second-order valence-corrected chi connectivity index (χ2v) is 6.15. The molecule has 0 saturated heterocycles. The van der Waals surface area contributed by atoms with E-state index in [0.29, 0.717) is 10.0 Å². The highest BCUT2D eigenvalue weighted by Crippen LogP contribution is 2.33. The zero-order valence-corrected chi connectivity index (χ0v) is 12.4. The summed E-state index contributed by atoms with van der Waals surface area (Å²) in [6, 6.07) is 9.49. The van der Waals surface area contributed by atoms with Crippen LogP contribution in [-0.2, 0) is 0 Å². The van der Waals surface area contributed by atoms with Crippen molar-refractivity contribution >= 4 is 50.5 Å². The lowest BCUT2D eigenvalue weighted by Gasteiger charge is -1.96. The molecule has 0 spiro atoms. The molecule has 3 heterocycles. The van der Waals surface area contributed by atoms with Crippen LogP contribution in [0.15, 0.2) is 42.7 Å². The lowest BCUT2D eigenvalue weighted by atomic mass is 10.3. The van der Waals surface area contributed by atoms with Gasteiger partial charge in [-0.25, -0.2) is 4.98 Å². The monoisotopic (exact) mass is 319 g/mol. The molecule has 98 valence electrons. The molecule has 0 aliphatic heterocycles. The zero-order valence-electron chi connectivity index (χ0n) is 10.0. The lowest BCUT2D eigenvalue weighted by Crippen LogP contribution is -1.80. The van der Waals surface area contributed by atoms with Crippen LogP contribution < -0.4 is 0 Å². The number of hydrogen-bond donors (Lipinski definition) is 0. The van der Waals surface area contributed by atoms with Gasteiger partial charge in [-0.1, -0.05) is 40.6 Å². The number of pyridine rings is 1. The summed E-state index contributed by atoms with van der Waals surface area (Å²) in [4.78, 5) is 10.9. The number of rotatable bonds is 1. The van der Waals surface area contributed by atoms with E-state index in [4.69, 9.17) is 23.2 Å². The first kappa shape index (κ1) is 12.1. The Morgan fingerprint density at radius 2 is 1.95 bits per heavy atom. The third-order valence-electron chi connectivity index (χ3n) is 3.06. The van der Waals surface area contributed by atoms with E-state index in [9.17, 15) is 0 Å². The van der Waals surface area contributed by atoms with Gasteiger partial charge >= 0.3 is 0 Å². The average molecular weight is 320 g/mol. The summed E-state index contributed by atoms with van der Waals surface area (Å²) >= 11 is 13.7. The molecule has 1 aromatic carbocycles. The van der Waals surface area contributed by atoms with Gasteiger partial charge in [-0.05, 0) is 24.3 Å². The third kappa shape index (κ3) is 1.80. The summed E-state index contributed by atoms with van der Waals surface area (Å²) in [6.45, 7) is 0. The van der Waals surface area contributed by atoms with Crippen LogP contribution >= 0.6 is 34.5 Å². The summed E-state index contributed by atoms with van der Waals surface area (Å²) in [5.74, 6) is 0. The van der Waals surface area contributed by atoms with Gasteiger partial charge < -0.3 is 0 Å². The molecule has 6 heteroatoms. The van der Waals surface area contributed by atoms with E-state index in [0.717, 1.165) is 26.6 Å². The van der Waals surface area contributed by atoms with E-state index in [1.807, 2.05) is 34.9 Å². The average Bonchev–Trinajstić information content (AvgIpc) is 2.99. The molecular weight excluding hydrogens is 313 g/mol. The summed E-state index contributed by atoms with van der Waals surface area (Å²) in [5.41, 5.74) is 2.74. The van der Waals surface area contributed by atoms with Gasteiger partial charge in [-0.2, -0.15) is 0 Å². The van der Waals surface area contributed by atoms with E-state index in [2.05, 4.69) is 9.97 Å². The van der Waals surface area contributed by atoms with Crippen LogP contribution in [0.2, 0.25) is 10.0 Å². The molecule has 4 aromatic rings. The van der Waals surface area contributed by atoms with Gasteiger partial charge in [0.05, 0.1) is 31.6 Å². The van der Waals surface area contributed by atoms with Crippen LogP contribution in [0.3, 0.4) is 0 Å². The van der Waals surface area contributed by atoms with Crippen LogP contribution in [0, 0.1) is 0 Å². The van der Waals surface area contributed by atoms with Crippen LogP contribution in [0.25, 0.3) is 26.6 Å². The first-order chi connectivity index (χ1) is 9.72. The summed E-state index contributed by atoms with van der Waals surface area (Å²) in [6.07, 6.45) is 3.81. The molecule has 0 radical (unpaired) electrons. The first-order valence-electron chi connectivity index (χ1n) is 5.90. The minimum Gasteiger partial charge on any atom is -0.289 e. The van der Waals surface area contributed by atoms with Crippen molar-refractivity contribution in [1.29, 1.82) is 0 Å². The number of aromatic nitrogens is 3. The van der Waals surface area contributed by atoms with E-state index < -0.39 is 0 Å². The molecule has 0 N–H and O–H groups in total. The van der Waals surface area contributed by atoms with Crippen molar-refractivity contribution < 1.29 is 0 Å². The number of nitrogens with zero attached hydrogens (tertiary/aromatic N) is 3. The molecule has 4 rings (SSSR count). The van der Waals surface area contributed by atoms with Gasteiger partial charge in [0.25, 0.3) is 0 Å². The Kier molecular flexibility index (Phi) is 2.70. The molecule has 0 atom stereocenters. The Balaban J connectivity index is 1.99. The standard InChI is InChI=1S/C14H7Cl2N3S/c15-8-5-11-12(6-9(8)16)19-7-13(20-14(19)18-11)10-3-1-2-4-17-10/h1-7H. The maximum atomic E-state index is 6.09. The molecule has 0 amide bonds. The van der Waals surface area contributed by atoms with Crippen LogP contribution in [0.1, 0.15) is 0 Å². The smallest absolute Gasteiger partial charge is 0.195 e. The number of halogens is 2. The van der Waals surface area contributed by atoms with Crippen LogP contribution in [0.5, 0.6) is 0 Å². The van der Waals surface area contributed by atoms with Gasteiger partial charge in [-0.15, -0.1) is 0 Å². The van der Waals surface area contributed by atoms with Crippen molar-refractivity contribution in [3.05, 3.63) is 52.8 Å². The fraction of sp³-hybridized carbons (Fsp3) is 0. The van der Waals surface area contributed by atoms with Gasteiger partial charge in [0.2, 0.25) is 0 Å². The molecule has 0 unspecified atom stereocenters. The SMILES string of the molecule is Clc1cc2nc3sc(-c4ccccn4)cn3c2cc1Cl. The maximum absolute atomic E-state index is 6.09. The number of imidazole rings is 1. The first-order valence-corrected chi connectivity index (χ1v) is 7.48.